The Balaban J connectivity index is 1.32. The Labute approximate surface area is 303 Å². The van der Waals surface area contributed by atoms with Crippen molar-refractivity contribution in [3.05, 3.63) is 42.5 Å². The number of nitrogens with two attached hydrogens (primary N) is 1. The second kappa shape index (κ2) is 12.0. The molecule has 11 atom stereocenters. The number of pyridine rings is 1. The van der Waals surface area contributed by atoms with Gasteiger partial charge in [0.05, 0.1) is 32.0 Å². The molecule has 7 rings (SSSR count). The molecule has 7 heteroatoms. The molecule has 7 nitrogen and oxygen atoms in total. The maximum atomic E-state index is 7.23. The Morgan fingerprint density at radius 1 is 1.02 bits per heavy atom. The molecule has 0 aromatic carbocycles. The Morgan fingerprint density at radius 2 is 1.74 bits per heavy atom. The first kappa shape index (κ1) is 36.3. The number of aromatic nitrogens is 4. The Bertz CT molecular complexity index is 1590. The number of allylic oxidation sites excluding steroid dienone is 1. The Morgan fingerprint density at radius 3 is 2.42 bits per heavy atom. The van der Waals surface area contributed by atoms with Crippen LogP contribution in [-0.4, -0.2) is 51.2 Å². The van der Waals surface area contributed by atoms with Crippen molar-refractivity contribution in [1.29, 1.82) is 0 Å². The molecule has 5 aliphatic rings. The molecule has 4 aliphatic carbocycles. The molecule has 276 valence electrons. The molecule has 3 saturated carbocycles. The Kier molecular flexibility index (Phi) is 8.68. The third-order valence-electron chi connectivity index (χ3n) is 16.6. The van der Waals surface area contributed by atoms with Crippen LogP contribution in [0.5, 0.6) is 0 Å². The third kappa shape index (κ3) is 5.24. The van der Waals surface area contributed by atoms with Gasteiger partial charge in [-0.15, -0.1) is 0 Å². The average molecular weight is 686 g/mol. The molecule has 0 unspecified atom stereocenters. The minimum Gasteiger partial charge on any atom is -0.380 e. The van der Waals surface area contributed by atoms with Crippen LogP contribution in [0, 0.1) is 56.2 Å². The fourth-order valence-corrected chi connectivity index (χ4v) is 12.2. The smallest absolute Gasteiger partial charge is 0.158 e. The lowest BCUT2D eigenvalue weighted by Gasteiger charge is -2.70. The molecular weight excluding hydrogens is 619 g/mol. The second-order valence-corrected chi connectivity index (χ2v) is 20.5. The van der Waals surface area contributed by atoms with Crippen LogP contribution in [-0.2, 0) is 9.47 Å². The minimum absolute atomic E-state index is 0.0103. The predicted molar refractivity (Wildman–Crippen MR) is 201 cm³/mol. The lowest BCUT2D eigenvalue weighted by atomic mass is 9.36. The topological polar surface area (TPSA) is 88.1 Å². The van der Waals surface area contributed by atoms with Crippen LogP contribution in [0.3, 0.4) is 0 Å². The summed E-state index contributed by atoms with van der Waals surface area (Å²) in [7, 11) is 0. The summed E-state index contributed by atoms with van der Waals surface area (Å²) in [5.41, 5.74) is 9.82. The van der Waals surface area contributed by atoms with E-state index in [0.717, 1.165) is 36.8 Å². The molecule has 0 radical (unpaired) electrons. The van der Waals surface area contributed by atoms with Crippen LogP contribution in [0.15, 0.2) is 42.5 Å². The number of fused-ring (bicyclic) bond motifs is 3. The predicted octanol–water partition coefficient (Wildman–Crippen LogP) is 9.31. The molecule has 2 bridgehead atoms. The first-order valence-corrected chi connectivity index (χ1v) is 19.8. The summed E-state index contributed by atoms with van der Waals surface area (Å²) < 4.78 is 16.3. The summed E-state index contributed by atoms with van der Waals surface area (Å²) in [5, 5.41) is 5.01. The molecule has 4 fully saturated rings. The highest BCUT2D eigenvalue weighted by Crippen LogP contribution is 2.74. The normalized spacial score (nSPS) is 41.7. The summed E-state index contributed by atoms with van der Waals surface area (Å²) in [6.07, 6.45) is 16.6. The number of hydrogen-bond donors (Lipinski definition) is 1. The van der Waals surface area contributed by atoms with Gasteiger partial charge in [-0.1, -0.05) is 80.9 Å². The average Bonchev–Trinajstić information content (AvgIpc) is 3.54. The molecule has 2 N–H and O–H groups in total. The lowest BCUT2D eigenvalue weighted by molar-refractivity contribution is -0.250. The highest BCUT2D eigenvalue weighted by Gasteiger charge is 2.69. The van der Waals surface area contributed by atoms with Crippen molar-refractivity contribution in [3.8, 4) is 11.4 Å². The van der Waals surface area contributed by atoms with Crippen molar-refractivity contribution in [2.75, 3.05) is 19.8 Å². The van der Waals surface area contributed by atoms with Gasteiger partial charge in [-0.25, -0.2) is 9.67 Å². The van der Waals surface area contributed by atoms with Gasteiger partial charge in [0.2, 0.25) is 0 Å². The monoisotopic (exact) mass is 686 g/mol. The van der Waals surface area contributed by atoms with E-state index in [0.29, 0.717) is 36.4 Å². The van der Waals surface area contributed by atoms with E-state index in [-0.39, 0.29) is 39.2 Å². The van der Waals surface area contributed by atoms with Crippen LogP contribution in [0.25, 0.3) is 11.4 Å². The van der Waals surface area contributed by atoms with Crippen molar-refractivity contribution < 1.29 is 9.47 Å². The quantitative estimate of drug-likeness (QED) is 0.292. The summed E-state index contributed by atoms with van der Waals surface area (Å²) in [5.74, 6) is 3.35. The molecule has 50 heavy (non-hydrogen) atoms. The second-order valence-electron chi connectivity index (χ2n) is 20.5. The van der Waals surface area contributed by atoms with Crippen molar-refractivity contribution in [1.82, 2.24) is 19.7 Å². The van der Waals surface area contributed by atoms with Gasteiger partial charge in [-0.2, -0.15) is 5.10 Å². The van der Waals surface area contributed by atoms with Gasteiger partial charge in [0.1, 0.15) is 6.33 Å². The van der Waals surface area contributed by atoms with Crippen molar-refractivity contribution in [2.45, 2.75) is 139 Å². The van der Waals surface area contributed by atoms with Gasteiger partial charge in [-0.05, 0) is 109 Å². The van der Waals surface area contributed by atoms with E-state index in [1.165, 1.54) is 32.1 Å². The van der Waals surface area contributed by atoms with E-state index in [4.69, 9.17) is 25.3 Å². The highest BCUT2D eigenvalue weighted by atomic mass is 16.5. The van der Waals surface area contributed by atoms with Crippen LogP contribution in [0.4, 0.5) is 0 Å². The maximum absolute atomic E-state index is 7.23. The van der Waals surface area contributed by atoms with Gasteiger partial charge in [0.15, 0.2) is 5.82 Å². The van der Waals surface area contributed by atoms with Crippen LogP contribution >= 0.6 is 0 Å². The molecule has 0 spiro atoms. The largest absolute Gasteiger partial charge is 0.380 e. The minimum atomic E-state index is -0.501. The molecule has 2 aromatic heterocycles. The number of hydrogen-bond acceptors (Lipinski definition) is 6. The van der Waals surface area contributed by atoms with Gasteiger partial charge in [-0.3, -0.25) is 4.98 Å². The van der Waals surface area contributed by atoms with Crippen LogP contribution in [0.1, 0.15) is 127 Å². The highest BCUT2D eigenvalue weighted by molar-refractivity contribution is 5.54. The number of rotatable bonds is 7. The Hall–Kier alpha value is -2.09. The van der Waals surface area contributed by atoms with Crippen LogP contribution in [0.2, 0.25) is 0 Å². The van der Waals surface area contributed by atoms with E-state index < -0.39 is 5.54 Å². The summed E-state index contributed by atoms with van der Waals surface area (Å²) in [6, 6.07) is 4.08. The molecule has 0 amide bonds. The summed E-state index contributed by atoms with van der Waals surface area (Å²) in [4.78, 5) is 9.16. The summed E-state index contributed by atoms with van der Waals surface area (Å²) >= 11 is 0. The summed E-state index contributed by atoms with van der Waals surface area (Å²) in [6.45, 7) is 28.5. The molecule has 2 aromatic rings. The van der Waals surface area contributed by atoms with E-state index >= 15 is 0 Å². The van der Waals surface area contributed by atoms with Gasteiger partial charge in [0, 0.05) is 34.3 Å². The number of ether oxygens (including phenoxy) is 2. The zero-order valence-corrected chi connectivity index (χ0v) is 33.2. The van der Waals surface area contributed by atoms with E-state index in [1.807, 2.05) is 24.5 Å². The first-order valence-electron chi connectivity index (χ1n) is 19.8. The zero-order chi connectivity index (χ0) is 36.1. The number of nitrogens with zero attached hydrogens (tertiary/aromatic N) is 4. The van der Waals surface area contributed by atoms with E-state index in [1.54, 1.807) is 11.9 Å². The molecule has 1 aliphatic heterocycles. The van der Waals surface area contributed by atoms with E-state index in [2.05, 4.69) is 91.9 Å². The fraction of sp³-hybridized carbons (Fsp3) is 0.791. The zero-order valence-electron chi connectivity index (χ0n) is 33.2. The van der Waals surface area contributed by atoms with Crippen LogP contribution < -0.4 is 5.73 Å². The van der Waals surface area contributed by atoms with E-state index in [9.17, 15) is 0 Å². The van der Waals surface area contributed by atoms with Crippen molar-refractivity contribution >= 4 is 0 Å². The molecular formula is C43H67N5O2. The third-order valence-corrected chi connectivity index (χ3v) is 16.6. The SMILES string of the molecule is CC(C)[C@@H](C)[C@]1(C)CC[C@]2(C)[C@H]3CC[C@@H]4[C@@]5(COC[C@@]4(C)[C@@H](OC[C@](C)(N)C(C)(C)C)[C@H](n4ncnc4-c4ccncc4)C5)C3=CC[C@@]2(C)C1. The van der Waals surface area contributed by atoms with Gasteiger partial charge in [0.25, 0.3) is 0 Å². The molecule has 3 heterocycles. The first-order chi connectivity index (χ1) is 23.3. The fourth-order valence-electron chi connectivity index (χ4n) is 12.2. The maximum Gasteiger partial charge on any atom is 0.158 e. The molecule has 1 saturated heterocycles. The lowest BCUT2D eigenvalue weighted by Crippen LogP contribution is -2.68. The standard InChI is InChI=1S/C43H67N5O2/c1-28(2)29(3)38(7)18-19-41(10)31-12-13-34-40(9)24-49-26-43(34,32(31)14-17-39(41,8)23-38)22-33(35(40)50-25-42(11,44)37(4,5)6)48-36(46-27-47-48)30-15-20-45-21-16-30/h14-16,20-21,27-29,31,33-35H,12-13,17-19,22-26,44H2,1-11H3/t29-,31+,33-,34+,35+,38-,39+,40-,41-,42+,43+/m1/s1. The van der Waals surface area contributed by atoms with Gasteiger partial charge < -0.3 is 15.2 Å². The van der Waals surface area contributed by atoms with Crippen molar-refractivity contribution in [3.63, 3.8) is 0 Å². The van der Waals surface area contributed by atoms with Gasteiger partial charge >= 0.3 is 0 Å². The van der Waals surface area contributed by atoms with Crippen molar-refractivity contribution in [2.24, 2.45) is 61.9 Å².